The van der Waals surface area contributed by atoms with E-state index in [4.69, 9.17) is 11.6 Å². The number of benzene rings is 1. The normalized spacial score (nSPS) is 11.9. The first-order valence-corrected chi connectivity index (χ1v) is 5.78. The zero-order valence-corrected chi connectivity index (χ0v) is 10.3. The zero-order chi connectivity index (χ0) is 12.0. The van der Waals surface area contributed by atoms with E-state index in [2.05, 4.69) is 10.6 Å². The summed E-state index contributed by atoms with van der Waals surface area (Å²) < 4.78 is 0. The Morgan fingerprint density at radius 2 is 2.25 bits per heavy atom. The Hall–Kier alpha value is -1.22. The van der Waals surface area contributed by atoms with Crippen LogP contribution in [-0.4, -0.2) is 12.1 Å². The molecule has 4 heteroatoms. The number of halogens is 1. The van der Waals surface area contributed by atoms with Crippen LogP contribution in [0, 0.1) is 0 Å². The van der Waals surface area contributed by atoms with E-state index in [0.29, 0.717) is 11.6 Å². The summed E-state index contributed by atoms with van der Waals surface area (Å²) >= 11 is 5.84. The predicted molar refractivity (Wildman–Crippen MR) is 66.6 cm³/mol. The molecule has 1 aromatic carbocycles. The summed E-state index contributed by atoms with van der Waals surface area (Å²) in [7, 11) is 0. The molecule has 0 radical (unpaired) electrons. The number of urea groups is 1. The first-order chi connectivity index (χ1) is 7.61. The number of amides is 2. The van der Waals surface area contributed by atoms with Gasteiger partial charge in [-0.2, -0.15) is 0 Å². The van der Waals surface area contributed by atoms with Crippen molar-refractivity contribution >= 4 is 17.6 Å². The second kappa shape index (κ2) is 6.38. The van der Waals surface area contributed by atoms with Crippen molar-refractivity contribution in [2.24, 2.45) is 0 Å². The Kier molecular flexibility index (Phi) is 5.12. The molecule has 0 bridgehead atoms. The Bertz CT molecular complexity index is 355. The zero-order valence-electron chi connectivity index (χ0n) is 9.59. The van der Waals surface area contributed by atoms with Gasteiger partial charge in [-0.15, -0.1) is 0 Å². The first kappa shape index (κ1) is 12.8. The molecule has 0 heterocycles. The number of hydrogen-bond acceptors (Lipinski definition) is 1. The molecular weight excluding hydrogens is 224 g/mol. The Balaban J connectivity index is 2.37. The molecule has 1 atom stereocenters. The van der Waals surface area contributed by atoms with Gasteiger partial charge in [-0.3, -0.25) is 0 Å². The van der Waals surface area contributed by atoms with Gasteiger partial charge in [0.05, 0.1) is 0 Å². The molecule has 0 unspecified atom stereocenters. The van der Waals surface area contributed by atoms with Gasteiger partial charge in [-0.25, -0.2) is 4.79 Å². The lowest BCUT2D eigenvalue weighted by molar-refractivity contribution is 0.237. The second-order valence-electron chi connectivity index (χ2n) is 3.77. The van der Waals surface area contributed by atoms with E-state index < -0.39 is 0 Å². The quantitative estimate of drug-likeness (QED) is 0.835. The van der Waals surface area contributed by atoms with Crippen LogP contribution >= 0.6 is 11.6 Å². The molecule has 2 amide bonds. The van der Waals surface area contributed by atoms with Crippen molar-refractivity contribution in [3.63, 3.8) is 0 Å². The third-order valence-electron chi connectivity index (χ3n) is 2.33. The molecular formula is C12H17ClN2O. The molecule has 2 N–H and O–H groups in total. The summed E-state index contributed by atoms with van der Waals surface area (Å²) in [5.74, 6) is 0. The van der Waals surface area contributed by atoms with Crippen molar-refractivity contribution in [3.05, 3.63) is 34.9 Å². The van der Waals surface area contributed by atoms with E-state index in [9.17, 15) is 4.79 Å². The van der Waals surface area contributed by atoms with Gasteiger partial charge in [0.1, 0.15) is 0 Å². The van der Waals surface area contributed by atoms with Gasteiger partial charge in [-0.1, -0.05) is 30.7 Å². The predicted octanol–water partition coefficient (Wildman–Crippen LogP) is 2.94. The largest absolute Gasteiger partial charge is 0.336 e. The molecule has 0 aliphatic rings. The molecule has 0 saturated heterocycles. The summed E-state index contributed by atoms with van der Waals surface area (Å²) in [5.41, 5.74) is 0.992. The van der Waals surface area contributed by atoms with Crippen LogP contribution in [0.3, 0.4) is 0 Å². The molecule has 0 aliphatic carbocycles. The molecule has 1 rings (SSSR count). The van der Waals surface area contributed by atoms with Crippen molar-refractivity contribution in [2.75, 3.05) is 0 Å². The lowest BCUT2D eigenvalue weighted by atomic mass is 10.2. The minimum absolute atomic E-state index is 0.144. The number of rotatable bonds is 4. The summed E-state index contributed by atoms with van der Waals surface area (Å²) in [6.45, 7) is 4.49. The molecule has 0 aromatic heterocycles. The van der Waals surface area contributed by atoms with E-state index in [-0.39, 0.29) is 12.1 Å². The smallest absolute Gasteiger partial charge is 0.315 e. The van der Waals surface area contributed by atoms with E-state index >= 15 is 0 Å². The fourth-order valence-corrected chi connectivity index (χ4v) is 1.42. The summed E-state index contributed by atoms with van der Waals surface area (Å²) in [6, 6.07) is 7.49. The van der Waals surface area contributed by atoms with E-state index in [1.165, 1.54) is 0 Å². The minimum atomic E-state index is -0.144. The maximum Gasteiger partial charge on any atom is 0.315 e. The Labute approximate surface area is 101 Å². The average Bonchev–Trinajstić information content (AvgIpc) is 2.26. The monoisotopic (exact) mass is 240 g/mol. The number of hydrogen-bond donors (Lipinski definition) is 2. The SMILES string of the molecule is CC[C@H](C)NC(=O)NCc1cccc(Cl)c1. The molecule has 0 saturated carbocycles. The molecule has 0 spiro atoms. The maximum absolute atomic E-state index is 11.4. The van der Waals surface area contributed by atoms with Crippen molar-refractivity contribution in [1.29, 1.82) is 0 Å². The van der Waals surface area contributed by atoms with Crippen LogP contribution in [0.5, 0.6) is 0 Å². The topological polar surface area (TPSA) is 41.1 Å². The summed E-state index contributed by atoms with van der Waals surface area (Å²) in [6.07, 6.45) is 0.921. The molecule has 3 nitrogen and oxygen atoms in total. The first-order valence-electron chi connectivity index (χ1n) is 5.40. The fraction of sp³-hybridized carbons (Fsp3) is 0.417. The summed E-state index contributed by atoms with van der Waals surface area (Å²) in [4.78, 5) is 11.4. The van der Waals surface area contributed by atoms with E-state index in [1.54, 1.807) is 0 Å². The highest BCUT2D eigenvalue weighted by molar-refractivity contribution is 6.30. The summed E-state index contributed by atoms with van der Waals surface area (Å²) in [5, 5.41) is 6.30. The third-order valence-corrected chi connectivity index (χ3v) is 2.57. The molecule has 1 aromatic rings. The molecule has 0 aliphatic heterocycles. The molecule has 16 heavy (non-hydrogen) atoms. The fourth-order valence-electron chi connectivity index (χ4n) is 1.21. The van der Waals surface area contributed by atoms with Crippen LogP contribution in [-0.2, 0) is 6.54 Å². The van der Waals surface area contributed by atoms with Crippen LogP contribution < -0.4 is 10.6 Å². The van der Waals surface area contributed by atoms with Crippen LogP contribution in [0.1, 0.15) is 25.8 Å². The van der Waals surface area contributed by atoms with Crippen LogP contribution in [0.15, 0.2) is 24.3 Å². The highest BCUT2D eigenvalue weighted by atomic mass is 35.5. The van der Waals surface area contributed by atoms with Crippen LogP contribution in [0.2, 0.25) is 5.02 Å². The Morgan fingerprint density at radius 3 is 2.88 bits per heavy atom. The molecule has 88 valence electrons. The lowest BCUT2D eigenvalue weighted by Crippen LogP contribution is -2.40. The number of carbonyl (C=O) groups is 1. The standard InChI is InChI=1S/C12H17ClN2O/c1-3-9(2)15-12(16)14-8-10-5-4-6-11(13)7-10/h4-7,9H,3,8H2,1-2H3,(H2,14,15,16)/t9-/m0/s1. The average molecular weight is 241 g/mol. The van der Waals surface area contributed by atoms with Crippen LogP contribution in [0.25, 0.3) is 0 Å². The molecule has 0 fully saturated rings. The van der Waals surface area contributed by atoms with Gasteiger partial charge in [0, 0.05) is 17.6 Å². The highest BCUT2D eigenvalue weighted by Crippen LogP contribution is 2.10. The van der Waals surface area contributed by atoms with Crippen molar-refractivity contribution in [1.82, 2.24) is 10.6 Å². The minimum Gasteiger partial charge on any atom is -0.336 e. The van der Waals surface area contributed by atoms with Crippen molar-refractivity contribution in [3.8, 4) is 0 Å². The lowest BCUT2D eigenvalue weighted by Gasteiger charge is -2.12. The van der Waals surface area contributed by atoms with Gasteiger partial charge in [0.2, 0.25) is 0 Å². The number of nitrogens with one attached hydrogen (secondary N) is 2. The van der Waals surface area contributed by atoms with Crippen LogP contribution in [0.4, 0.5) is 4.79 Å². The van der Waals surface area contributed by atoms with Gasteiger partial charge < -0.3 is 10.6 Å². The van der Waals surface area contributed by atoms with Gasteiger partial charge in [-0.05, 0) is 31.0 Å². The van der Waals surface area contributed by atoms with Crippen molar-refractivity contribution < 1.29 is 4.79 Å². The van der Waals surface area contributed by atoms with Gasteiger partial charge >= 0.3 is 6.03 Å². The van der Waals surface area contributed by atoms with Crippen molar-refractivity contribution in [2.45, 2.75) is 32.9 Å². The van der Waals surface area contributed by atoms with E-state index in [0.717, 1.165) is 12.0 Å². The number of carbonyl (C=O) groups excluding carboxylic acids is 1. The Morgan fingerprint density at radius 1 is 1.50 bits per heavy atom. The van der Waals surface area contributed by atoms with E-state index in [1.807, 2.05) is 38.1 Å². The highest BCUT2D eigenvalue weighted by Gasteiger charge is 2.04. The van der Waals surface area contributed by atoms with Gasteiger partial charge in [0.15, 0.2) is 0 Å². The third kappa shape index (κ3) is 4.53. The van der Waals surface area contributed by atoms with Gasteiger partial charge in [0.25, 0.3) is 0 Å². The second-order valence-corrected chi connectivity index (χ2v) is 4.20. The maximum atomic E-state index is 11.4.